The van der Waals surface area contributed by atoms with E-state index in [-0.39, 0.29) is 25.2 Å². The number of aromatic nitrogens is 1. The summed E-state index contributed by atoms with van der Waals surface area (Å²) in [5.74, 6) is -3.47. The molecule has 3 aromatic rings. The SMILES string of the molecule is CN1CCN(Cc2ccc(-c3c(-c4cccc(OC(F)(F)F)c4)cc4n3[C@@H](CCCNC(=O)OC(=O)C(F)(F)F)CNC4=O)cc2)CC1. The minimum absolute atomic E-state index is 0.134. The number of fused-ring (bicyclic) bond motifs is 1. The average molecular weight is 682 g/mol. The molecule has 0 aliphatic carbocycles. The van der Waals surface area contributed by atoms with Gasteiger partial charge in [0.15, 0.2) is 0 Å². The van der Waals surface area contributed by atoms with Gasteiger partial charge in [-0.25, -0.2) is 9.59 Å². The van der Waals surface area contributed by atoms with Gasteiger partial charge in [-0.15, -0.1) is 13.2 Å². The predicted molar refractivity (Wildman–Crippen MR) is 161 cm³/mol. The molecule has 1 aromatic heterocycles. The molecule has 48 heavy (non-hydrogen) atoms. The number of rotatable bonds is 9. The largest absolute Gasteiger partial charge is 0.573 e. The maximum Gasteiger partial charge on any atom is 0.573 e. The van der Waals surface area contributed by atoms with E-state index in [0.717, 1.165) is 38.3 Å². The standard InChI is InChI=1S/C32H33F6N5O5/c1-41-12-14-42(15-13-41)19-20-7-9-21(10-8-20)27-25(22-4-2-6-24(16-22)48-32(36,37)38)17-26-28(44)40-18-23(43(26)27)5-3-11-39-30(46)47-29(45)31(33,34)35/h2,4,6-10,16-17,23H,3,5,11-15,18-19H2,1H3,(H,39,46)(H,40,44)/t23-/m0/s1. The van der Waals surface area contributed by atoms with Gasteiger partial charge in [0.1, 0.15) is 11.4 Å². The van der Waals surface area contributed by atoms with Crippen LogP contribution in [0.15, 0.2) is 54.6 Å². The van der Waals surface area contributed by atoms with Crippen LogP contribution in [0.4, 0.5) is 31.1 Å². The molecule has 2 aliphatic rings. The first-order valence-corrected chi connectivity index (χ1v) is 15.1. The summed E-state index contributed by atoms with van der Waals surface area (Å²) in [6.07, 6.45) is -11.2. The summed E-state index contributed by atoms with van der Waals surface area (Å²) >= 11 is 0. The average Bonchev–Trinajstić information content (AvgIpc) is 3.42. The minimum atomic E-state index is -5.32. The number of benzene rings is 2. The van der Waals surface area contributed by atoms with Gasteiger partial charge in [-0.1, -0.05) is 36.4 Å². The fourth-order valence-corrected chi connectivity index (χ4v) is 5.82. The summed E-state index contributed by atoms with van der Waals surface area (Å²) < 4.78 is 86.1. The van der Waals surface area contributed by atoms with E-state index in [9.17, 15) is 40.7 Å². The van der Waals surface area contributed by atoms with E-state index in [1.165, 1.54) is 18.2 Å². The van der Waals surface area contributed by atoms with Gasteiger partial charge in [-0.3, -0.25) is 9.69 Å². The molecule has 1 fully saturated rings. The number of nitrogens with zero attached hydrogens (tertiary/aromatic N) is 3. The van der Waals surface area contributed by atoms with Gasteiger partial charge < -0.3 is 29.6 Å². The lowest BCUT2D eigenvalue weighted by molar-refractivity contribution is -0.274. The fourth-order valence-electron chi connectivity index (χ4n) is 5.82. The number of alkyl carbamates (subject to hydrolysis) is 1. The molecule has 5 rings (SSSR count). The highest BCUT2D eigenvalue weighted by atomic mass is 19.4. The Morgan fingerprint density at radius 3 is 2.33 bits per heavy atom. The van der Waals surface area contributed by atoms with Gasteiger partial charge >= 0.3 is 24.6 Å². The van der Waals surface area contributed by atoms with Crippen LogP contribution in [-0.4, -0.2) is 91.2 Å². The van der Waals surface area contributed by atoms with Gasteiger partial charge in [0, 0.05) is 51.4 Å². The van der Waals surface area contributed by atoms with Crippen molar-refractivity contribution in [2.24, 2.45) is 0 Å². The van der Waals surface area contributed by atoms with Crippen LogP contribution in [0.5, 0.6) is 5.75 Å². The number of hydrogen-bond acceptors (Lipinski definition) is 7. The Bertz CT molecular complexity index is 1630. The van der Waals surface area contributed by atoms with Crippen molar-refractivity contribution in [3.05, 3.63) is 65.9 Å². The molecule has 0 bridgehead atoms. The summed E-state index contributed by atoms with van der Waals surface area (Å²) in [7, 11) is 2.08. The van der Waals surface area contributed by atoms with Crippen molar-refractivity contribution in [2.75, 3.05) is 46.3 Å². The first-order valence-electron chi connectivity index (χ1n) is 15.1. The van der Waals surface area contributed by atoms with Gasteiger partial charge in [0.2, 0.25) is 0 Å². The highest BCUT2D eigenvalue weighted by Gasteiger charge is 2.42. The molecule has 2 aliphatic heterocycles. The van der Waals surface area contributed by atoms with Crippen molar-refractivity contribution in [2.45, 2.75) is 38.0 Å². The smallest absolute Gasteiger partial charge is 0.406 e. The number of carbonyl (C=O) groups excluding carboxylic acids is 3. The molecule has 1 atom stereocenters. The number of likely N-dealkylation sites (N-methyl/N-ethyl adjacent to an activating group) is 1. The molecule has 0 saturated carbocycles. The lowest BCUT2D eigenvalue weighted by Gasteiger charge is -2.32. The zero-order valence-electron chi connectivity index (χ0n) is 25.8. The van der Waals surface area contributed by atoms with E-state index in [0.29, 0.717) is 28.8 Å². The van der Waals surface area contributed by atoms with Crippen LogP contribution < -0.4 is 15.4 Å². The van der Waals surface area contributed by atoms with Crippen LogP contribution in [0, 0.1) is 0 Å². The number of carbonyl (C=O) groups is 3. The molecule has 3 heterocycles. The summed E-state index contributed by atoms with van der Waals surface area (Å²) in [6.45, 7) is 4.54. The van der Waals surface area contributed by atoms with Gasteiger partial charge in [0.05, 0.1) is 11.7 Å². The van der Waals surface area contributed by atoms with Crippen molar-refractivity contribution in [1.82, 2.24) is 25.0 Å². The number of alkyl halides is 6. The number of esters is 1. The molecule has 0 radical (unpaired) electrons. The van der Waals surface area contributed by atoms with Crippen LogP contribution in [0.2, 0.25) is 0 Å². The molecule has 258 valence electrons. The van der Waals surface area contributed by atoms with E-state index in [1.807, 2.05) is 24.3 Å². The normalized spacial score (nSPS) is 17.4. The number of halogens is 6. The van der Waals surface area contributed by atoms with Crippen LogP contribution in [0.1, 0.15) is 34.9 Å². The topological polar surface area (TPSA) is 105 Å². The van der Waals surface area contributed by atoms with Gasteiger partial charge in [-0.05, 0) is 54.8 Å². The fraction of sp³-hybridized carbons (Fsp3) is 0.406. The zero-order valence-corrected chi connectivity index (χ0v) is 25.8. The van der Waals surface area contributed by atoms with Crippen molar-refractivity contribution in [1.29, 1.82) is 0 Å². The van der Waals surface area contributed by atoms with Crippen LogP contribution in [-0.2, 0) is 16.1 Å². The van der Waals surface area contributed by atoms with Crippen molar-refractivity contribution < 1.29 is 50.2 Å². The Balaban J connectivity index is 1.43. The first kappa shape index (κ1) is 34.8. The number of piperazine rings is 1. The second-order valence-corrected chi connectivity index (χ2v) is 11.6. The lowest BCUT2D eigenvalue weighted by Crippen LogP contribution is -2.43. The summed E-state index contributed by atoms with van der Waals surface area (Å²) in [5, 5.41) is 4.91. The van der Waals surface area contributed by atoms with E-state index in [2.05, 4.69) is 37.0 Å². The summed E-state index contributed by atoms with van der Waals surface area (Å²) in [6, 6.07) is 14.4. The Morgan fingerprint density at radius 1 is 0.958 bits per heavy atom. The Kier molecular flexibility index (Phi) is 10.3. The van der Waals surface area contributed by atoms with Crippen molar-refractivity contribution in [3.63, 3.8) is 0 Å². The molecule has 0 spiro atoms. The highest BCUT2D eigenvalue weighted by molar-refractivity contribution is 5.98. The van der Waals surface area contributed by atoms with E-state index < -0.39 is 42.3 Å². The van der Waals surface area contributed by atoms with E-state index in [4.69, 9.17) is 0 Å². The summed E-state index contributed by atoms with van der Waals surface area (Å²) in [5.41, 5.74) is 3.45. The monoisotopic (exact) mass is 681 g/mol. The molecule has 16 heteroatoms. The number of ether oxygens (including phenoxy) is 2. The lowest BCUT2D eigenvalue weighted by atomic mass is 9.99. The molecular weight excluding hydrogens is 648 g/mol. The maximum absolute atomic E-state index is 13.1. The Morgan fingerprint density at radius 2 is 1.67 bits per heavy atom. The predicted octanol–water partition coefficient (Wildman–Crippen LogP) is 5.35. The van der Waals surface area contributed by atoms with E-state index >= 15 is 0 Å². The third-order valence-electron chi connectivity index (χ3n) is 8.14. The van der Waals surface area contributed by atoms with Crippen molar-refractivity contribution >= 4 is 18.0 Å². The minimum Gasteiger partial charge on any atom is -0.406 e. The molecule has 1 saturated heterocycles. The van der Waals surface area contributed by atoms with Crippen LogP contribution in [0.25, 0.3) is 22.4 Å². The second-order valence-electron chi connectivity index (χ2n) is 11.6. The molecule has 2 aromatic carbocycles. The molecule has 2 amide bonds. The Hall–Kier alpha value is -4.57. The first-order chi connectivity index (χ1) is 22.7. The van der Waals surface area contributed by atoms with Crippen LogP contribution in [0.3, 0.4) is 0 Å². The number of amides is 2. The zero-order chi connectivity index (χ0) is 34.6. The second kappa shape index (κ2) is 14.3. The highest BCUT2D eigenvalue weighted by Crippen LogP contribution is 2.41. The third kappa shape index (κ3) is 8.66. The maximum atomic E-state index is 13.1. The molecule has 10 nitrogen and oxygen atoms in total. The molecule has 0 unspecified atom stereocenters. The third-order valence-corrected chi connectivity index (χ3v) is 8.14. The number of nitrogens with one attached hydrogen (secondary N) is 2. The Labute approximate surface area is 271 Å². The molecular formula is C32H33F6N5O5. The summed E-state index contributed by atoms with van der Waals surface area (Å²) in [4.78, 5) is 40.3. The van der Waals surface area contributed by atoms with E-state index in [1.54, 1.807) is 16.7 Å². The van der Waals surface area contributed by atoms with Gasteiger partial charge in [-0.2, -0.15) is 13.2 Å². The van der Waals surface area contributed by atoms with Crippen LogP contribution >= 0.6 is 0 Å². The van der Waals surface area contributed by atoms with Gasteiger partial charge in [0.25, 0.3) is 5.91 Å². The number of hydrogen-bond donors (Lipinski definition) is 2. The quantitative estimate of drug-likeness (QED) is 0.136. The molecule has 2 N–H and O–H groups in total. The van der Waals surface area contributed by atoms with Crippen molar-refractivity contribution in [3.8, 4) is 28.1 Å².